The zero-order chi connectivity index (χ0) is 11.0. The molecule has 2 aromatic heterocycles. The average Bonchev–Trinajstić information content (AvgIpc) is 2.49. The summed E-state index contributed by atoms with van der Waals surface area (Å²) in [6.45, 7) is 1.78. The van der Waals surface area contributed by atoms with E-state index in [2.05, 4.69) is 15.2 Å². The zero-order valence-electron chi connectivity index (χ0n) is 8.06. The summed E-state index contributed by atoms with van der Waals surface area (Å²) in [4.78, 5) is 14.5. The maximum absolute atomic E-state index is 11.6. The van der Waals surface area contributed by atoms with E-state index in [-0.39, 0.29) is 17.2 Å². The van der Waals surface area contributed by atoms with Gasteiger partial charge in [-0.3, -0.25) is 4.79 Å². The van der Waals surface area contributed by atoms with Crippen LogP contribution in [0.15, 0.2) is 17.1 Å². The number of hydrogen-bond acceptors (Lipinski definition) is 5. The van der Waals surface area contributed by atoms with Crippen molar-refractivity contribution in [3.63, 3.8) is 0 Å². The van der Waals surface area contributed by atoms with E-state index in [1.54, 1.807) is 6.92 Å². The summed E-state index contributed by atoms with van der Waals surface area (Å²) < 4.78 is 1.07. The van der Waals surface area contributed by atoms with Gasteiger partial charge in [-0.25, -0.2) is 4.68 Å². The minimum Gasteiger partial charge on any atom is -0.366 e. The van der Waals surface area contributed by atoms with Crippen molar-refractivity contribution in [1.82, 2.24) is 19.9 Å². The monoisotopic (exact) mass is 206 g/mol. The highest BCUT2D eigenvalue weighted by atomic mass is 16.1. The standard InChI is InChI=1S/C8H10N6O/c1-4-2-6(15)5(3-11-4)7-12-13-8(9)14(7)10/h2-3H,10H2,1H3,(H2,9,13)(H,11,15). The number of nitrogen functional groups attached to an aromatic ring is 2. The van der Waals surface area contributed by atoms with Crippen molar-refractivity contribution >= 4 is 5.95 Å². The molecular formula is C8H10N6O. The van der Waals surface area contributed by atoms with Crippen LogP contribution < -0.4 is 17.0 Å². The molecule has 0 saturated heterocycles. The predicted molar refractivity (Wildman–Crippen MR) is 55.4 cm³/mol. The first-order chi connectivity index (χ1) is 7.09. The topological polar surface area (TPSA) is 116 Å². The third-order valence-corrected chi connectivity index (χ3v) is 2.02. The lowest BCUT2D eigenvalue weighted by Gasteiger charge is -2.00. The number of aryl methyl sites for hydroxylation is 1. The maximum atomic E-state index is 11.6. The fourth-order valence-corrected chi connectivity index (χ4v) is 1.24. The third kappa shape index (κ3) is 1.43. The molecule has 0 saturated carbocycles. The number of nitrogens with zero attached hydrogens (tertiary/aromatic N) is 3. The minimum atomic E-state index is -0.176. The molecule has 0 aliphatic heterocycles. The van der Waals surface area contributed by atoms with E-state index in [1.807, 2.05) is 0 Å². The Morgan fingerprint density at radius 2 is 2.20 bits per heavy atom. The van der Waals surface area contributed by atoms with Crippen LogP contribution in [0.5, 0.6) is 0 Å². The minimum absolute atomic E-state index is 0.0602. The quantitative estimate of drug-likeness (QED) is 0.530. The third-order valence-electron chi connectivity index (χ3n) is 2.02. The van der Waals surface area contributed by atoms with Gasteiger partial charge in [0, 0.05) is 18.0 Å². The first-order valence-electron chi connectivity index (χ1n) is 4.25. The fraction of sp³-hybridized carbons (Fsp3) is 0.125. The van der Waals surface area contributed by atoms with Crippen molar-refractivity contribution < 1.29 is 0 Å². The Hall–Kier alpha value is -2.31. The lowest BCUT2D eigenvalue weighted by atomic mass is 10.2. The molecule has 7 nitrogen and oxygen atoms in total. The average molecular weight is 206 g/mol. The van der Waals surface area contributed by atoms with E-state index in [0.717, 1.165) is 10.4 Å². The van der Waals surface area contributed by atoms with Crippen molar-refractivity contribution in [3.8, 4) is 11.4 Å². The van der Waals surface area contributed by atoms with E-state index in [9.17, 15) is 4.79 Å². The molecule has 0 radical (unpaired) electrons. The Bertz CT molecular complexity index is 554. The second-order valence-corrected chi connectivity index (χ2v) is 3.15. The molecule has 15 heavy (non-hydrogen) atoms. The van der Waals surface area contributed by atoms with E-state index in [0.29, 0.717) is 5.56 Å². The van der Waals surface area contributed by atoms with E-state index >= 15 is 0 Å². The summed E-state index contributed by atoms with van der Waals surface area (Å²) in [5.41, 5.74) is 6.34. The number of pyridine rings is 1. The highest BCUT2D eigenvalue weighted by molar-refractivity contribution is 5.55. The number of nitrogens with two attached hydrogens (primary N) is 2. The van der Waals surface area contributed by atoms with Crippen molar-refractivity contribution in [2.75, 3.05) is 11.6 Å². The van der Waals surface area contributed by atoms with Crippen LogP contribution in [0.4, 0.5) is 5.95 Å². The van der Waals surface area contributed by atoms with Crippen LogP contribution in [0, 0.1) is 6.92 Å². The normalized spacial score (nSPS) is 10.5. The highest BCUT2D eigenvalue weighted by Crippen LogP contribution is 2.11. The van der Waals surface area contributed by atoms with Gasteiger partial charge in [-0.05, 0) is 6.92 Å². The summed E-state index contributed by atoms with van der Waals surface area (Å²) in [5, 5.41) is 7.29. The van der Waals surface area contributed by atoms with Gasteiger partial charge in [-0.15, -0.1) is 10.2 Å². The Kier molecular flexibility index (Phi) is 1.93. The number of aromatic amines is 1. The van der Waals surface area contributed by atoms with Crippen molar-refractivity contribution in [2.24, 2.45) is 0 Å². The van der Waals surface area contributed by atoms with Gasteiger partial charge in [0.15, 0.2) is 11.3 Å². The Morgan fingerprint density at radius 1 is 1.47 bits per heavy atom. The van der Waals surface area contributed by atoms with Gasteiger partial charge in [-0.2, -0.15) is 0 Å². The largest absolute Gasteiger partial charge is 0.366 e. The van der Waals surface area contributed by atoms with Crippen LogP contribution in [-0.2, 0) is 0 Å². The van der Waals surface area contributed by atoms with Crippen LogP contribution in [0.2, 0.25) is 0 Å². The molecule has 0 aliphatic carbocycles. The van der Waals surface area contributed by atoms with Gasteiger partial charge < -0.3 is 16.6 Å². The van der Waals surface area contributed by atoms with Crippen LogP contribution in [0.3, 0.4) is 0 Å². The van der Waals surface area contributed by atoms with Gasteiger partial charge in [0.25, 0.3) is 0 Å². The summed E-state index contributed by atoms with van der Waals surface area (Å²) in [6, 6.07) is 1.46. The predicted octanol–water partition coefficient (Wildman–Crippen LogP) is -0.762. The van der Waals surface area contributed by atoms with Crippen molar-refractivity contribution in [3.05, 3.63) is 28.2 Å². The molecule has 0 fully saturated rings. The summed E-state index contributed by atoms with van der Waals surface area (Å²) in [6.07, 6.45) is 1.53. The zero-order valence-corrected chi connectivity index (χ0v) is 8.06. The highest BCUT2D eigenvalue weighted by Gasteiger charge is 2.12. The molecule has 0 aromatic carbocycles. The van der Waals surface area contributed by atoms with Crippen molar-refractivity contribution in [1.29, 1.82) is 0 Å². The lowest BCUT2D eigenvalue weighted by molar-refractivity contribution is 1.01. The number of nitrogens with one attached hydrogen (secondary N) is 1. The molecule has 0 atom stereocenters. The van der Waals surface area contributed by atoms with Crippen LogP contribution in [0.25, 0.3) is 11.4 Å². The van der Waals surface area contributed by atoms with Crippen LogP contribution >= 0.6 is 0 Å². The van der Waals surface area contributed by atoms with Gasteiger partial charge in [0.05, 0.1) is 5.56 Å². The number of hydrogen-bond donors (Lipinski definition) is 3. The molecule has 0 amide bonds. The van der Waals surface area contributed by atoms with Crippen molar-refractivity contribution in [2.45, 2.75) is 6.92 Å². The number of aromatic nitrogens is 4. The fourth-order valence-electron chi connectivity index (χ4n) is 1.24. The van der Waals surface area contributed by atoms with Gasteiger partial charge in [0.2, 0.25) is 5.95 Å². The Morgan fingerprint density at radius 3 is 2.73 bits per heavy atom. The smallest absolute Gasteiger partial charge is 0.241 e. The number of anilines is 1. The molecule has 2 aromatic rings. The summed E-state index contributed by atoms with van der Waals surface area (Å²) >= 11 is 0. The van der Waals surface area contributed by atoms with Crippen LogP contribution in [0.1, 0.15) is 5.69 Å². The van der Waals surface area contributed by atoms with Gasteiger partial charge in [-0.1, -0.05) is 0 Å². The molecule has 78 valence electrons. The van der Waals surface area contributed by atoms with Crippen LogP contribution in [-0.4, -0.2) is 19.9 Å². The number of rotatable bonds is 1. The second kappa shape index (κ2) is 3.12. The van der Waals surface area contributed by atoms with E-state index in [1.165, 1.54) is 12.3 Å². The first-order valence-corrected chi connectivity index (χ1v) is 4.25. The molecule has 7 heteroatoms. The summed E-state index contributed by atoms with van der Waals surface area (Å²) in [5.74, 6) is 5.86. The second-order valence-electron chi connectivity index (χ2n) is 3.15. The molecule has 0 bridgehead atoms. The Balaban J connectivity index is 2.65. The molecule has 0 aliphatic rings. The molecule has 0 unspecified atom stereocenters. The maximum Gasteiger partial charge on any atom is 0.241 e. The molecule has 2 heterocycles. The van der Waals surface area contributed by atoms with Gasteiger partial charge >= 0.3 is 0 Å². The lowest BCUT2D eigenvalue weighted by Crippen LogP contribution is -2.16. The molecule has 0 spiro atoms. The SMILES string of the molecule is Cc1cc(=O)c(-c2nnc(N)n2N)c[nH]1. The summed E-state index contributed by atoms with van der Waals surface area (Å²) in [7, 11) is 0. The van der Waals surface area contributed by atoms with E-state index in [4.69, 9.17) is 11.6 Å². The first kappa shape index (κ1) is 9.25. The molecule has 2 rings (SSSR count). The molecule has 5 N–H and O–H groups in total. The van der Waals surface area contributed by atoms with E-state index < -0.39 is 0 Å². The Labute approximate surface area is 84.7 Å². The number of H-pyrrole nitrogens is 1. The van der Waals surface area contributed by atoms with Gasteiger partial charge in [0.1, 0.15) is 0 Å². The molecular weight excluding hydrogens is 196 g/mol.